The van der Waals surface area contributed by atoms with Crippen LogP contribution in [0.25, 0.3) is 12.2 Å². The first-order valence-corrected chi connectivity index (χ1v) is 10.3. The van der Waals surface area contributed by atoms with Crippen molar-refractivity contribution in [3.05, 3.63) is 69.4 Å². The number of nitrogens with one attached hydrogen (secondary N) is 2. The Morgan fingerprint density at radius 1 is 1.22 bits per heavy atom. The molecule has 1 saturated heterocycles. The molecule has 0 aliphatic carbocycles. The number of alkyl halides is 3. The summed E-state index contributed by atoms with van der Waals surface area (Å²) in [6.07, 6.45) is -0.389. The van der Waals surface area contributed by atoms with Gasteiger partial charge < -0.3 is 20.7 Å². The fraction of sp³-hybridized carbons (Fsp3) is 0.273. The number of benzene rings is 2. The summed E-state index contributed by atoms with van der Waals surface area (Å²) in [7, 11) is -1.79. The Hall–Kier alpha value is -2.55. The lowest BCUT2D eigenvalue weighted by Gasteiger charge is -2.14. The van der Waals surface area contributed by atoms with E-state index in [1.807, 2.05) is 5.94 Å². The number of rotatable bonds is 7. The molecule has 4 N–H and O–H groups in total. The van der Waals surface area contributed by atoms with Gasteiger partial charge in [-0.05, 0) is 35.2 Å². The Labute approximate surface area is 188 Å². The lowest BCUT2D eigenvalue weighted by Crippen LogP contribution is -2.33. The molecule has 168 valence electrons. The number of hydrogen-bond donors (Lipinski definition) is 4. The number of halogens is 4. The fourth-order valence-corrected chi connectivity index (χ4v) is 3.81. The van der Waals surface area contributed by atoms with Crippen LogP contribution in [0.5, 0.6) is 0 Å². The van der Waals surface area contributed by atoms with E-state index in [0.717, 1.165) is 12.5 Å². The van der Waals surface area contributed by atoms with Crippen molar-refractivity contribution in [3.63, 3.8) is 0 Å². The Morgan fingerprint density at radius 3 is 2.62 bits per heavy atom. The van der Waals surface area contributed by atoms with Gasteiger partial charge >= 0.3 is 13.3 Å². The van der Waals surface area contributed by atoms with Gasteiger partial charge in [-0.25, -0.2) is 4.79 Å². The Bertz CT molecular complexity index is 1050. The summed E-state index contributed by atoms with van der Waals surface area (Å²) in [6.45, 7) is 0.910. The van der Waals surface area contributed by atoms with Gasteiger partial charge in [0.05, 0.1) is 11.3 Å². The molecule has 1 aliphatic heterocycles. The minimum atomic E-state index is -4.54. The molecule has 5 nitrogen and oxygen atoms in total. The molecule has 0 saturated carbocycles. The van der Waals surface area contributed by atoms with Gasteiger partial charge in [-0.1, -0.05) is 48.0 Å². The molecule has 0 spiro atoms. The molecule has 0 bridgehead atoms. The van der Waals surface area contributed by atoms with Crippen LogP contribution in [-0.2, 0) is 17.5 Å². The van der Waals surface area contributed by atoms with E-state index in [4.69, 9.17) is 11.6 Å². The van der Waals surface area contributed by atoms with Gasteiger partial charge in [0.15, 0.2) is 0 Å². The first-order chi connectivity index (χ1) is 15.2. The molecule has 1 fully saturated rings. The molecule has 1 aliphatic rings. The second-order valence-electron chi connectivity index (χ2n) is 7.47. The van der Waals surface area contributed by atoms with Crippen molar-refractivity contribution in [2.24, 2.45) is 0 Å². The highest BCUT2D eigenvalue weighted by Crippen LogP contribution is 2.33. The van der Waals surface area contributed by atoms with Crippen LogP contribution in [0.3, 0.4) is 0 Å². The highest BCUT2D eigenvalue weighted by molar-refractivity contribution is 6.63. The van der Waals surface area contributed by atoms with Crippen molar-refractivity contribution in [3.8, 4) is 0 Å². The van der Waals surface area contributed by atoms with Crippen molar-refractivity contribution < 1.29 is 28.0 Å². The number of carbonyl (C=O) groups excluding carboxylic acids is 1. The zero-order valence-electron chi connectivity index (χ0n) is 16.9. The van der Waals surface area contributed by atoms with Crippen molar-refractivity contribution >= 4 is 42.3 Å². The van der Waals surface area contributed by atoms with Gasteiger partial charge in [0.1, 0.15) is 5.94 Å². The predicted octanol–water partition coefficient (Wildman–Crippen LogP) is 2.77. The van der Waals surface area contributed by atoms with Crippen molar-refractivity contribution in [2.75, 3.05) is 6.54 Å². The molecular formula is C22H21BClF3N2O3. The SMILES string of the molecule is O=C=C1CC[C@@H](CNCc2ccc(C(F)(F)F)c(/C=C/c3cccc(B(O)O)c3Cl)c2)N1. The fourth-order valence-electron chi connectivity index (χ4n) is 3.53. The number of allylic oxidation sites excluding steroid dienone is 1. The van der Waals surface area contributed by atoms with E-state index in [1.54, 1.807) is 6.07 Å². The third-order valence-electron chi connectivity index (χ3n) is 5.16. The zero-order valence-corrected chi connectivity index (χ0v) is 17.7. The van der Waals surface area contributed by atoms with Gasteiger partial charge in [0.25, 0.3) is 0 Å². The molecule has 3 rings (SSSR count). The van der Waals surface area contributed by atoms with Crippen molar-refractivity contribution in [2.45, 2.75) is 31.6 Å². The minimum Gasteiger partial charge on any atom is -0.423 e. The molecule has 10 heteroatoms. The quantitative estimate of drug-likeness (QED) is 0.288. The average molecular weight is 465 g/mol. The lowest BCUT2D eigenvalue weighted by molar-refractivity contribution is -0.137. The van der Waals surface area contributed by atoms with Crippen LogP contribution in [0.15, 0.2) is 42.1 Å². The van der Waals surface area contributed by atoms with E-state index in [1.165, 1.54) is 36.4 Å². The second kappa shape index (κ2) is 10.4. The van der Waals surface area contributed by atoms with Gasteiger partial charge in [-0.15, -0.1) is 0 Å². The Morgan fingerprint density at radius 2 is 1.97 bits per heavy atom. The minimum absolute atomic E-state index is 0.0343. The molecular weight excluding hydrogens is 444 g/mol. The maximum atomic E-state index is 13.5. The second-order valence-corrected chi connectivity index (χ2v) is 7.85. The molecule has 2 aromatic carbocycles. The maximum absolute atomic E-state index is 13.5. The molecule has 0 amide bonds. The predicted molar refractivity (Wildman–Crippen MR) is 119 cm³/mol. The summed E-state index contributed by atoms with van der Waals surface area (Å²) in [5, 5.41) is 25.0. The lowest BCUT2D eigenvalue weighted by atomic mass is 9.79. The summed E-state index contributed by atoms with van der Waals surface area (Å²) >= 11 is 6.15. The zero-order chi connectivity index (χ0) is 23.3. The van der Waals surface area contributed by atoms with E-state index in [-0.39, 0.29) is 22.1 Å². The van der Waals surface area contributed by atoms with Gasteiger partial charge in [-0.3, -0.25) is 0 Å². The normalized spacial score (nSPS) is 16.3. The molecule has 1 heterocycles. The first kappa shape index (κ1) is 24.1. The summed E-state index contributed by atoms with van der Waals surface area (Å²) in [4.78, 5) is 10.7. The molecule has 2 aromatic rings. The molecule has 0 unspecified atom stereocenters. The van der Waals surface area contributed by atoms with Crippen LogP contribution in [0.4, 0.5) is 13.2 Å². The maximum Gasteiger partial charge on any atom is 0.489 e. The molecule has 32 heavy (non-hydrogen) atoms. The third-order valence-corrected chi connectivity index (χ3v) is 5.60. The highest BCUT2D eigenvalue weighted by Gasteiger charge is 2.32. The molecule has 1 atom stereocenters. The van der Waals surface area contributed by atoms with E-state index in [2.05, 4.69) is 10.6 Å². The van der Waals surface area contributed by atoms with Crippen LogP contribution in [0.2, 0.25) is 5.02 Å². The molecule has 0 radical (unpaired) electrons. The van der Waals surface area contributed by atoms with Gasteiger partial charge in [0, 0.05) is 36.0 Å². The summed E-state index contributed by atoms with van der Waals surface area (Å²) < 4.78 is 40.5. The standard InChI is InChI=1S/C22H21BClF3N2O3/c24-21-15(2-1-3-20(21)23(31)32)5-6-16-10-14(4-9-19(16)22(25,26)27)11-28-12-17-7-8-18(13-30)29-17/h1-6,9-10,17,28-29,31-32H,7-8,11-12H2/b6-5+/t17-/m0/s1. The monoisotopic (exact) mass is 464 g/mol. The van der Waals surface area contributed by atoms with E-state index in [0.29, 0.717) is 36.3 Å². The molecule has 0 aromatic heterocycles. The summed E-state index contributed by atoms with van der Waals surface area (Å²) in [5.41, 5.74) is 0.803. The van der Waals surface area contributed by atoms with Gasteiger partial charge in [-0.2, -0.15) is 13.2 Å². The van der Waals surface area contributed by atoms with Gasteiger partial charge in [0.2, 0.25) is 0 Å². The smallest absolute Gasteiger partial charge is 0.423 e. The van der Waals surface area contributed by atoms with Crippen LogP contribution >= 0.6 is 11.6 Å². The summed E-state index contributed by atoms with van der Waals surface area (Å²) in [6, 6.07) is 8.51. The van der Waals surface area contributed by atoms with E-state index >= 15 is 0 Å². The van der Waals surface area contributed by atoms with Crippen LogP contribution < -0.4 is 16.1 Å². The van der Waals surface area contributed by atoms with Crippen molar-refractivity contribution in [1.82, 2.24) is 10.6 Å². The highest BCUT2D eigenvalue weighted by atomic mass is 35.5. The van der Waals surface area contributed by atoms with Crippen LogP contribution in [0.1, 0.15) is 35.1 Å². The topological polar surface area (TPSA) is 81.6 Å². The Balaban J connectivity index is 1.78. The average Bonchev–Trinajstić information content (AvgIpc) is 3.20. The van der Waals surface area contributed by atoms with E-state index < -0.39 is 18.9 Å². The Kier molecular flexibility index (Phi) is 7.82. The summed E-state index contributed by atoms with van der Waals surface area (Å²) in [5.74, 6) is 1.85. The van der Waals surface area contributed by atoms with Crippen LogP contribution in [-0.4, -0.2) is 35.7 Å². The van der Waals surface area contributed by atoms with Crippen molar-refractivity contribution in [1.29, 1.82) is 0 Å². The first-order valence-electron chi connectivity index (χ1n) is 9.93. The van der Waals surface area contributed by atoms with E-state index in [9.17, 15) is 28.0 Å². The largest absolute Gasteiger partial charge is 0.489 e. The van der Waals surface area contributed by atoms with Crippen LogP contribution in [0, 0.1) is 0 Å². The third kappa shape index (κ3) is 6.03. The number of hydrogen-bond acceptors (Lipinski definition) is 5.